The molecule has 3 aliphatic heterocycles. The molecule has 1 saturated heterocycles. The van der Waals surface area contributed by atoms with Gasteiger partial charge in [-0.25, -0.2) is 0 Å². The molecule has 1 spiro atoms. The van der Waals surface area contributed by atoms with Crippen LogP contribution in [0.5, 0.6) is 5.75 Å². The Morgan fingerprint density at radius 2 is 1.62 bits per heavy atom. The second-order valence-corrected chi connectivity index (χ2v) is 8.99. The summed E-state index contributed by atoms with van der Waals surface area (Å²) in [6.45, 7) is 2.33. The van der Waals surface area contributed by atoms with Crippen LogP contribution in [0.4, 0.5) is 0 Å². The Kier molecular flexibility index (Phi) is 4.82. The normalized spacial score (nSPS) is 20.1. The Bertz CT molecular complexity index is 1130. The zero-order chi connectivity index (χ0) is 22.6. The fraction of sp³-hybridized carbons (Fsp3) is 0.333. The summed E-state index contributed by atoms with van der Waals surface area (Å²) < 4.78 is 6.21. The predicted octanol–water partition coefficient (Wildman–Crippen LogP) is 3.35. The number of piperidine rings is 1. The third-order valence-electron chi connectivity index (χ3n) is 6.61. The number of likely N-dealkylation sites (tertiary alicyclic amines) is 1. The van der Waals surface area contributed by atoms with Crippen molar-refractivity contribution in [2.24, 2.45) is 0 Å². The minimum absolute atomic E-state index is 0.0204. The molecule has 2 aromatic rings. The van der Waals surface area contributed by atoms with Gasteiger partial charge in [-0.1, -0.05) is 23.7 Å². The average molecular weight is 453 g/mol. The number of halogens is 1. The summed E-state index contributed by atoms with van der Waals surface area (Å²) in [7, 11) is 0. The van der Waals surface area contributed by atoms with Gasteiger partial charge < -0.3 is 9.64 Å². The van der Waals surface area contributed by atoms with Crippen molar-refractivity contribution in [2.45, 2.75) is 37.8 Å². The number of ketones is 1. The molecule has 0 radical (unpaired) electrons. The van der Waals surface area contributed by atoms with E-state index in [1.807, 2.05) is 0 Å². The number of ether oxygens (including phenoxy) is 1. The first kappa shape index (κ1) is 20.7. The van der Waals surface area contributed by atoms with E-state index in [1.54, 1.807) is 54.3 Å². The molecule has 5 rings (SSSR count). The van der Waals surface area contributed by atoms with E-state index in [9.17, 15) is 19.2 Å². The molecule has 0 bridgehead atoms. The van der Waals surface area contributed by atoms with Gasteiger partial charge in [0.2, 0.25) is 5.91 Å². The molecule has 0 N–H and O–H groups in total. The number of benzene rings is 2. The maximum absolute atomic E-state index is 13.2. The van der Waals surface area contributed by atoms with E-state index in [1.165, 1.54) is 0 Å². The summed E-state index contributed by atoms with van der Waals surface area (Å²) in [5.74, 6) is -0.686. The molecule has 0 saturated carbocycles. The van der Waals surface area contributed by atoms with Gasteiger partial charge in [-0.3, -0.25) is 24.1 Å². The van der Waals surface area contributed by atoms with Crippen LogP contribution in [0.3, 0.4) is 0 Å². The van der Waals surface area contributed by atoms with Crippen LogP contribution >= 0.6 is 11.6 Å². The van der Waals surface area contributed by atoms with Crippen molar-refractivity contribution in [2.75, 3.05) is 13.1 Å². The minimum atomic E-state index is -0.909. The maximum atomic E-state index is 13.2. The van der Waals surface area contributed by atoms with Gasteiger partial charge in [0.15, 0.2) is 5.78 Å². The standard InChI is InChI=1S/C24H21ClN2O5/c1-14(27-22(30)16-4-2-3-5-17(16)23(27)31)21(29)26-10-8-24(9-11-26)13-19(28)18-12-15(25)6-7-20(18)32-24/h2-7,12,14H,8-11,13H2,1H3. The van der Waals surface area contributed by atoms with Gasteiger partial charge in [0.25, 0.3) is 11.8 Å². The summed E-state index contributed by atoms with van der Waals surface area (Å²) >= 11 is 6.00. The predicted molar refractivity (Wildman–Crippen MR) is 116 cm³/mol. The topological polar surface area (TPSA) is 84.0 Å². The Morgan fingerprint density at radius 3 is 2.25 bits per heavy atom. The molecule has 1 fully saturated rings. The second-order valence-electron chi connectivity index (χ2n) is 8.55. The van der Waals surface area contributed by atoms with Gasteiger partial charge in [-0.15, -0.1) is 0 Å². The highest BCUT2D eigenvalue weighted by atomic mass is 35.5. The van der Waals surface area contributed by atoms with Crippen molar-refractivity contribution in [3.63, 3.8) is 0 Å². The molecule has 0 aliphatic carbocycles. The van der Waals surface area contributed by atoms with Crippen LogP contribution in [0.2, 0.25) is 5.02 Å². The lowest BCUT2D eigenvalue weighted by Crippen LogP contribution is -2.56. The highest BCUT2D eigenvalue weighted by Crippen LogP contribution is 2.40. The number of hydrogen-bond acceptors (Lipinski definition) is 5. The van der Waals surface area contributed by atoms with E-state index < -0.39 is 23.5 Å². The molecular weight excluding hydrogens is 432 g/mol. The van der Waals surface area contributed by atoms with Crippen molar-refractivity contribution in [1.82, 2.24) is 9.80 Å². The largest absolute Gasteiger partial charge is 0.486 e. The van der Waals surface area contributed by atoms with E-state index in [-0.39, 0.29) is 18.1 Å². The number of carbonyl (C=O) groups is 4. The summed E-state index contributed by atoms with van der Waals surface area (Å²) in [6.07, 6.45) is 1.21. The van der Waals surface area contributed by atoms with Gasteiger partial charge in [-0.05, 0) is 37.3 Å². The number of Topliss-reactive ketones (excluding diaryl/α,β-unsaturated/α-hetero) is 1. The molecule has 32 heavy (non-hydrogen) atoms. The van der Waals surface area contributed by atoms with Crippen LogP contribution in [-0.2, 0) is 4.79 Å². The highest BCUT2D eigenvalue weighted by Gasteiger charge is 2.46. The summed E-state index contributed by atoms with van der Waals surface area (Å²) in [5.41, 5.74) is 0.471. The molecule has 0 aromatic heterocycles. The molecule has 1 atom stereocenters. The lowest BCUT2D eigenvalue weighted by atomic mass is 9.82. The molecule has 3 amide bonds. The Labute approximate surface area is 189 Å². The second kappa shape index (κ2) is 7.45. The van der Waals surface area contributed by atoms with Crippen LogP contribution in [-0.4, -0.2) is 58.0 Å². The molecular formula is C24H21ClN2O5. The molecule has 3 aliphatic rings. The fourth-order valence-electron chi connectivity index (χ4n) is 4.81. The van der Waals surface area contributed by atoms with Crippen molar-refractivity contribution in [3.05, 3.63) is 64.2 Å². The van der Waals surface area contributed by atoms with Crippen LogP contribution in [0.1, 0.15) is 57.3 Å². The monoisotopic (exact) mass is 452 g/mol. The molecule has 7 nitrogen and oxygen atoms in total. The van der Waals surface area contributed by atoms with Crippen molar-refractivity contribution in [3.8, 4) is 5.75 Å². The zero-order valence-corrected chi connectivity index (χ0v) is 18.2. The molecule has 164 valence electrons. The molecule has 2 aromatic carbocycles. The number of nitrogens with zero attached hydrogens (tertiary/aromatic N) is 2. The summed E-state index contributed by atoms with van der Waals surface area (Å²) in [6, 6.07) is 10.7. The van der Waals surface area contributed by atoms with E-state index >= 15 is 0 Å². The first-order valence-corrected chi connectivity index (χ1v) is 10.9. The van der Waals surface area contributed by atoms with E-state index in [4.69, 9.17) is 16.3 Å². The van der Waals surface area contributed by atoms with Gasteiger partial charge in [0.05, 0.1) is 23.1 Å². The first-order valence-electron chi connectivity index (χ1n) is 10.6. The lowest BCUT2D eigenvalue weighted by molar-refractivity contribution is -0.138. The Hall–Kier alpha value is -3.19. The van der Waals surface area contributed by atoms with Gasteiger partial charge in [0.1, 0.15) is 17.4 Å². The number of fused-ring (bicyclic) bond motifs is 2. The van der Waals surface area contributed by atoms with E-state index in [0.717, 1.165) is 4.90 Å². The third-order valence-corrected chi connectivity index (χ3v) is 6.84. The van der Waals surface area contributed by atoms with Gasteiger partial charge >= 0.3 is 0 Å². The third kappa shape index (κ3) is 3.19. The summed E-state index contributed by atoms with van der Waals surface area (Å²) in [5, 5.41) is 0.485. The number of carbonyl (C=O) groups excluding carboxylic acids is 4. The van der Waals surface area contributed by atoms with Gasteiger partial charge in [-0.2, -0.15) is 0 Å². The minimum Gasteiger partial charge on any atom is -0.486 e. The maximum Gasteiger partial charge on any atom is 0.262 e. The highest BCUT2D eigenvalue weighted by molar-refractivity contribution is 6.31. The van der Waals surface area contributed by atoms with Crippen molar-refractivity contribution >= 4 is 35.1 Å². The molecule has 8 heteroatoms. The molecule has 3 heterocycles. The Morgan fingerprint density at radius 1 is 1.00 bits per heavy atom. The number of rotatable bonds is 2. The number of hydrogen-bond donors (Lipinski definition) is 0. The smallest absolute Gasteiger partial charge is 0.262 e. The van der Waals surface area contributed by atoms with E-state index in [0.29, 0.717) is 53.4 Å². The van der Waals surface area contributed by atoms with Crippen LogP contribution in [0.15, 0.2) is 42.5 Å². The van der Waals surface area contributed by atoms with Crippen LogP contribution in [0.25, 0.3) is 0 Å². The number of imide groups is 1. The fourth-order valence-corrected chi connectivity index (χ4v) is 4.99. The summed E-state index contributed by atoms with van der Waals surface area (Å²) in [4.78, 5) is 54.0. The number of amides is 3. The average Bonchev–Trinajstić information content (AvgIpc) is 3.04. The first-order chi connectivity index (χ1) is 15.3. The quantitative estimate of drug-likeness (QED) is 0.652. The lowest BCUT2D eigenvalue weighted by Gasteiger charge is -2.44. The molecule has 1 unspecified atom stereocenters. The van der Waals surface area contributed by atoms with E-state index in [2.05, 4.69) is 0 Å². The van der Waals surface area contributed by atoms with Crippen LogP contribution in [0, 0.1) is 0 Å². The van der Waals surface area contributed by atoms with Gasteiger partial charge in [0, 0.05) is 31.0 Å². The zero-order valence-electron chi connectivity index (χ0n) is 17.5. The Balaban J connectivity index is 1.28. The van der Waals surface area contributed by atoms with Crippen molar-refractivity contribution < 1.29 is 23.9 Å². The van der Waals surface area contributed by atoms with Crippen molar-refractivity contribution in [1.29, 1.82) is 0 Å². The SMILES string of the molecule is CC(C(=O)N1CCC2(CC1)CC(=O)c1cc(Cl)ccc1O2)N1C(=O)c2ccccc2C1=O. The van der Waals surface area contributed by atoms with Crippen LogP contribution < -0.4 is 4.74 Å².